The fraction of sp³-hybridized carbons (Fsp3) is 0.167. The summed E-state index contributed by atoms with van der Waals surface area (Å²) >= 11 is 4.60. The van der Waals surface area contributed by atoms with Crippen molar-refractivity contribution in [2.24, 2.45) is 0 Å². The van der Waals surface area contributed by atoms with Gasteiger partial charge in [0.1, 0.15) is 0 Å². The third kappa shape index (κ3) is 4.49. The van der Waals surface area contributed by atoms with Crippen molar-refractivity contribution in [3.63, 3.8) is 0 Å². The van der Waals surface area contributed by atoms with E-state index in [1.54, 1.807) is 6.92 Å². The van der Waals surface area contributed by atoms with Gasteiger partial charge in [-0.25, -0.2) is 0 Å². The number of anilines is 1. The summed E-state index contributed by atoms with van der Waals surface area (Å²) in [7, 11) is 0. The maximum absolute atomic E-state index is 12.3. The number of carbonyl (C=O) groups excluding carboxylic acids is 1. The first kappa shape index (κ1) is 17.7. The number of nitrogens with zero attached hydrogens (tertiary/aromatic N) is 2. The summed E-state index contributed by atoms with van der Waals surface area (Å²) in [6.45, 7) is 3.79. The second-order valence-electron chi connectivity index (χ2n) is 5.44. The molecule has 3 aromatic rings. The monoisotopic (exact) mass is 417 g/mol. The van der Waals surface area contributed by atoms with Gasteiger partial charge in [-0.05, 0) is 49.7 Å². The number of hydrogen-bond acceptors (Lipinski definition) is 5. The molecule has 25 heavy (non-hydrogen) atoms. The summed E-state index contributed by atoms with van der Waals surface area (Å²) < 4.78 is 6.65. The van der Waals surface area contributed by atoms with Crippen LogP contribution in [-0.2, 0) is 4.79 Å². The highest BCUT2D eigenvalue weighted by molar-refractivity contribution is 9.10. The molecule has 1 unspecified atom stereocenters. The van der Waals surface area contributed by atoms with Crippen LogP contribution in [0.4, 0.5) is 5.69 Å². The van der Waals surface area contributed by atoms with Gasteiger partial charge in [-0.2, -0.15) is 0 Å². The van der Waals surface area contributed by atoms with E-state index >= 15 is 0 Å². The molecule has 2 aromatic carbocycles. The van der Waals surface area contributed by atoms with Crippen molar-refractivity contribution in [1.82, 2.24) is 10.2 Å². The molecule has 0 fully saturated rings. The number of halogens is 1. The summed E-state index contributed by atoms with van der Waals surface area (Å²) in [5.74, 6) is 0.337. The third-order valence-corrected chi connectivity index (χ3v) is 5.00. The fourth-order valence-electron chi connectivity index (χ4n) is 2.16. The lowest BCUT2D eigenvalue weighted by atomic mass is 10.1. The van der Waals surface area contributed by atoms with Crippen LogP contribution < -0.4 is 5.32 Å². The largest absolute Gasteiger partial charge is 0.411 e. The molecule has 128 valence electrons. The molecule has 0 saturated heterocycles. The van der Waals surface area contributed by atoms with Crippen LogP contribution in [0.1, 0.15) is 12.5 Å². The average molecular weight is 418 g/mol. The first-order valence-electron chi connectivity index (χ1n) is 7.65. The van der Waals surface area contributed by atoms with Crippen LogP contribution in [0.5, 0.6) is 0 Å². The van der Waals surface area contributed by atoms with Gasteiger partial charge in [0, 0.05) is 15.7 Å². The predicted octanol–water partition coefficient (Wildman–Crippen LogP) is 4.93. The molecule has 1 heterocycles. The van der Waals surface area contributed by atoms with Gasteiger partial charge in [0.2, 0.25) is 11.8 Å². The van der Waals surface area contributed by atoms with Gasteiger partial charge in [-0.1, -0.05) is 45.9 Å². The first-order valence-corrected chi connectivity index (χ1v) is 9.33. The molecule has 0 saturated carbocycles. The number of benzene rings is 2. The maximum Gasteiger partial charge on any atom is 0.277 e. The van der Waals surface area contributed by atoms with Crippen molar-refractivity contribution >= 4 is 39.3 Å². The highest BCUT2D eigenvalue weighted by Crippen LogP contribution is 2.28. The maximum atomic E-state index is 12.3. The highest BCUT2D eigenvalue weighted by Gasteiger charge is 2.19. The van der Waals surface area contributed by atoms with E-state index < -0.39 is 0 Å². The van der Waals surface area contributed by atoms with E-state index in [9.17, 15) is 4.79 Å². The molecule has 7 heteroatoms. The van der Waals surface area contributed by atoms with E-state index in [0.29, 0.717) is 11.1 Å². The van der Waals surface area contributed by atoms with Crippen molar-refractivity contribution in [3.05, 3.63) is 58.6 Å². The summed E-state index contributed by atoms with van der Waals surface area (Å²) in [5.41, 5.74) is 2.70. The Hall–Kier alpha value is -2.12. The molecular formula is C18H16BrN3O2S. The number of hydrogen-bond donors (Lipinski definition) is 1. The fourth-order valence-corrected chi connectivity index (χ4v) is 3.11. The Morgan fingerprint density at radius 3 is 2.60 bits per heavy atom. The van der Waals surface area contributed by atoms with E-state index in [2.05, 4.69) is 31.4 Å². The number of aromatic nitrogens is 2. The lowest BCUT2D eigenvalue weighted by molar-refractivity contribution is -0.115. The minimum absolute atomic E-state index is 0.122. The van der Waals surface area contributed by atoms with Crippen LogP contribution >= 0.6 is 27.7 Å². The molecule has 3 rings (SSSR count). The van der Waals surface area contributed by atoms with Crippen molar-refractivity contribution in [2.45, 2.75) is 24.3 Å². The molecule has 5 nitrogen and oxygen atoms in total. The van der Waals surface area contributed by atoms with E-state index in [4.69, 9.17) is 4.42 Å². The summed E-state index contributed by atoms with van der Waals surface area (Å²) in [5, 5.41) is 11.0. The van der Waals surface area contributed by atoms with Crippen molar-refractivity contribution in [1.29, 1.82) is 0 Å². The molecule has 0 aliphatic rings. The minimum Gasteiger partial charge on any atom is -0.411 e. The number of amides is 1. The average Bonchev–Trinajstić information content (AvgIpc) is 3.05. The quantitative estimate of drug-likeness (QED) is 0.596. The normalized spacial score (nSPS) is 12.0. The van der Waals surface area contributed by atoms with Crippen LogP contribution in [0.2, 0.25) is 0 Å². The van der Waals surface area contributed by atoms with Gasteiger partial charge >= 0.3 is 0 Å². The van der Waals surface area contributed by atoms with Crippen molar-refractivity contribution in [3.8, 4) is 11.5 Å². The molecule has 1 amide bonds. The Balaban J connectivity index is 1.65. The van der Waals surface area contributed by atoms with Gasteiger partial charge in [0.15, 0.2) is 0 Å². The highest BCUT2D eigenvalue weighted by atomic mass is 79.9. The van der Waals surface area contributed by atoms with Crippen molar-refractivity contribution in [2.75, 3.05) is 5.32 Å². The van der Waals surface area contributed by atoms with Crippen LogP contribution in [0.15, 0.2) is 62.6 Å². The molecule has 1 N–H and O–H groups in total. The van der Waals surface area contributed by atoms with Gasteiger partial charge in [-0.3, -0.25) is 4.79 Å². The Morgan fingerprint density at radius 2 is 1.88 bits per heavy atom. The molecular weight excluding hydrogens is 402 g/mol. The second-order valence-corrected chi connectivity index (χ2v) is 7.65. The standard InChI is InChI=1S/C18H16BrN3O2S/c1-11-5-3-4-6-15(11)17-21-22-18(24-17)25-12(2)16(23)20-14-9-7-13(19)8-10-14/h3-10,12H,1-2H3,(H,20,23). The van der Waals surface area contributed by atoms with E-state index in [-0.39, 0.29) is 11.2 Å². The van der Waals surface area contributed by atoms with Gasteiger partial charge in [0.25, 0.3) is 5.22 Å². The molecule has 1 atom stereocenters. The van der Waals surface area contributed by atoms with Crippen LogP contribution in [0, 0.1) is 6.92 Å². The van der Waals surface area contributed by atoms with Crippen LogP contribution in [-0.4, -0.2) is 21.4 Å². The summed E-state index contributed by atoms with van der Waals surface area (Å²) in [6, 6.07) is 15.2. The molecule has 0 radical (unpaired) electrons. The van der Waals surface area contributed by atoms with Gasteiger partial charge in [0.05, 0.1) is 5.25 Å². The number of aryl methyl sites for hydroxylation is 1. The number of thioether (sulfide) groups is 1. The Morgan fingerprint density at radius 1 is 1.16 bits per heavy atom. The van der Waals surface area contributed by atoms with Gasteiger partial charge < -0.3 is 9.73 Å². The number of rotatable bonds is 5. The zero-order valence-corrected chi connectivity index (χ0v) is 16.1. The SMILES string of the molecule is Cc1ccccc1-c1nnc(SC(C)C(=O)Nc2ccc(Br)cc2)o1. The number of nitrogens with one attached hydrogen (secondary N) is 1. The lowest BCUT2D eigenvalue weighted by Crippen LogP contribution is -2.22. The molecule has 0 bridgehead atoms. The zero-order chi connectivity index (χ0) is 17.8. The van der Waals surface area contributed by atoms with Crippen molar-refractivity contribution < 1.29 is 9.21 Å². The Bertz CT molecular complexity index is 880. The summed E-state index contributed by atoms with van der Waals surface area (Å²) in [4.78, 5) is 12.3. The van der Waals surface area contributed by atoms with Crippen LogP contribution in [0.3, 0.4) is 0 Å². The topological polar surface area (TPSA) is 68.0 Å². The van der Waals surface area contributed by atoms with E-state index in [1.807, 2.05) is 55.5 Å². The number of carbonyl (C=O) groups is 1. The lowest BCUT2D eigenvalue weighted by Gasteiger charge is -2.09. The minimum atomic E-state index is -0.367. The van der Waals surface area contributed by atoms with E-state index in [0.717, 1.165) is 21.3 Å². The van der Waals surface area contributed by atoms with Crippen LogP contribution in [0.25, 0.3) is 11.5 Å². The van der Waals surface area contributed by atoms with E-state index in [1.165, 1.54) is 11.8 Å². The Kier molecular flexibility index (Phi) is 5.55. The Labute approximate surface area is 158 Å². The molecule has 0 aliphatic carbocycles. The third-order valence-electron chi connectivity index (χ3n) is 3.54. The molecule has 1 aromatic heterocycles. The van der Waals surface area contributed by atoms with Gasteiger partial charge in [-0.15, -0.1) is 10.2 Å². The molecule has 0 spiro atoms. The zero-order valence-electron chi connectivity index (χ0n) is 13.7. The first-order chi connectivity index (χ1) is 12.0. The predicted molar refractivity (Wildman–Crippen MR) is 103 cm³/mol. The summed E-state index contributed by atoms with van der Waals surface area (Å²) in [6.07, 6.45) is 0. The molecule has 0 aliphatic heterocycles. The second kappa shape index (κ2) is 7.84. The smallest absolute Gasteiger partial charge is 0.277 e.